The minimum atomic E-state index is -0.222. The van der Waals surface area contributed by atoms with Gasteiger partial charge in [0, 0.05) is 29.9 Å². The molecule has 1 aliphatic carbocycles. The van der Waals surface area contributed by atoms with Gasteiger partial charge >= 0.3 is 0 Å². The highest BCUT2D eigenvalue weighted by atomic mass is 19.1. The number of aryl methyl sites for hydroxylation is 3. The van der Waals surface area contributed by atoms with Gasteiger partial charge in [-0.1, -0.05) is 12.1 Å². The van der Waals surface area contributed by atoms with E-state index in [0.29, 0.717) is 35.7 Å². The molecule has 5 heteroatoms. The average Bonchev–Trinajstić information content (AvgIpc) is 3.43. The van der Waals surface area contributed by atoms with Gasteiger partial charge in [0.15, 0.2) is 0 Å². The highest BCUT2D eigenvalue weighted by molar-refractivity contribution is 5.68. The van der Waals surface area contributed by atoms with Crippen LogP contribution >= 0.6 is 0 Å². The first-order valence-corrected chi connectivity index (χ1v) is 9.17. The summed E-state index contributed by atoms with van der Waals surface area (Å²) in [6, 6.07) is 9.20. The summed E-state index contributed by atoms with van der Waals surface area (Å²) >= 11 is 0. The van der Waals surface area contributed by atoms with Gasteiger partial charge in [0.25, 0.3) is 0 Å². The lowest BCUT2D eigenvalue weighted by atomic mass is 10.1. The first kappa shape index (κ1) is 17.6. The van der Waals surface area contributed by atoms with Gasteiger partial charge < -0.3 is 4.74 Å². The molecule has 1 fully saturated rings. The van der Waals surface area contributed by atoms with Gasteiger partial charge in [-0.3, -0.25) is 4.98 Å². The maximum Gasteiger partial charge on any atom is 0.224 e. The summed E-state index contributed by atoms with van der Waals surface area (Å²) in [6.07, 6.45) is 4.73. The molecule has 27 heavy (non-hydrogen) atoms. The second-order valence-corrected chi connectivity index (χ2v) is 7.27. The normalized spacial score (nSPS) is 18.4. The Morgan fingerprint density at radius 2 is 1.93 bits per heavy atom. The largest absolute Gasteiger partial charge is 0.477 e. The van der Waals surface area contributed by atoms with Crippen molar-refractivity contribution in [2.45, 2.75) is 33.1 Å². The fourth-order valence-corrected chi connectivity index (χ4v) is 3.25. The first-order valence-electron chi connectivity index (χ1n) is 9.17. The van der Waals surface area contributed by atoms with E-state index in [1.54, 1.807) is 25.3 Å². The minimum Gasteiger partial charge on any atom is -0.477 e. The number of hydrogen-bond acceptors (Lipinski definition) is 4. The van der Waals surface area contributed by atoms with Crippen LogP contribution in [0.3, 0.4) is 0 Å². The van der Waals surface area contributed by atoms with Crippen LogP contribution in [0.2, 0.25) is 0 Å². The first-order chi connectivity index (χ1) is 13.0. The van der Waals surface area contributed by atoms with E-state index in [2.05, 4.69) is 27.1 Å². The molecule has 2 unspecified atom stereocenters. The van der Waals surface area contributed by atoms with Crippen LogP contribution in [0.15, 0.2) is 42.7 Å². The standard InChI is InChI=1S/C22H22FN3O/c1-13-4-7-21(25-10-13)18-9-17(18)12-27-22-19(11-24-15(3)26-22)16-5-6-20(23)14(2)8-16/h4-8,10-11,17-18H,9,12H2,1-3H3. The van der Waals surface area contributed by atoms with Crippen molar-refractivity contribution >= 4 is 0 Å². The lowest BCUT2D eigenvalue weighted by Gasteiger charge is -2.12. The molecule has 1 aromatic carbocycles. The third-order valence-corrected chi connectivity index (χ3v) is 5.01. The maximum absolute atomic E-state index is 13.6. The molecule has 2 atom stereocenters. The van der Waals surface area contributed by atoms with E-state index in [9.17, 15) is 4.39 Å². The van der Waals surface area contributed by atoms with Crippen molar-refractivity contribution in [3.05, 3.63) is 71.2 Å². The van der Waals surface area contributed by atoms with Crippen LogP contribution in [0.25, 0.3) is 11.1 Å². The third-order valence-electron chi connectivity index (χ3n) is 5.01. The Bertz CT molecular complexity index is 972. The lowest BCUT2D eigenvalue weighted by molar-refractivity contribution is 0.285. The summed E-state index contributed by atoms with van der Waals surface area (Å²) in [6.45, 7) is 6.21. The monoisotopic (exact) mass is 363 g/mol. The average molecular weight is 363 g/mol. The van der Waals surface area contributed by atoms with E-state index >= 15 is 0 Å². The summed E-state index contributed by atoms with van der Waals surface area (Å²) in [5.41, 5.74) is 4.53. The van der Waals surface area contributed by atoms with Crippen molar-refractivity contribution in [3.8, 4) is 17.0 Å². The predicted molar refractivity (Wildman–Crippen MR) is 102 cm³/mol. The van der Waals surface area contributed by atoms with Gasteiger partial charge in [-0.2, -0.15) is 4.98 Å². The van der Waals surface area contributed by atoms with Crippen LogP contribution in [-0.2, 0) is 0 Å². The van der Waals surface area contributed by atoms with Gasteiger partial charge in [-0.25, -0.2) is 9.37 Å². The van der Waals surface area contributed by atoms with Crippen LogP contribution in [0.1, 0.15) is 35.0 Å². The molecule has 0 saturated heterocycles. The number of benzene rings is 1. The molecular formula is C22H22FN3O. The molecular weight excluding hydrogens is 341 g/mol. The van der Waals surface area contributed by atoms with Crippen molar-refractivity contribution in [1.29, 1.82) is 0 Å². The molecule has 138 valence electrons. The predicted octanol–water partition coefficient (Wildman–Crippen LogP) is 4.79. The van der Waals surface area contributed by atoms with Gasteiger partial charge in [0.1, 0.15) is 11.6 Å². The number of hydrogen-bond donors (Lipinski definition) is 0. The highest BCUT2D eigenvalue weighted by Crippen LogP contribution is 2.47. The number of nitrogens with zero attached hydrogens (tertiary/aromatic N) is 3. The fourth-order valence-electron chi connectivity index (χ4n) is 3.25. The number of ether oxygens (including phenoxy) is 1. The lowest BCUT2D eigenvalue weighted by Crippen LogP contribution is -2.05. The van der Waals surface area contributed by atoms with Crippen molar-refractivity contribution in [2.75, 3.05) is 6.61 Å². The fraction of sp³-hybridized carbons (Fsp3) is 0.318. The molecule has 0 spiro atoms. The Labute approximate surface area is 158 Å². The van der Waals surface area contributed by atoms with Crippen LogP contribution in [0.4, 0.5) is 4.39 Å². The molecule has 2 aromatic heterocycles. The summed E-state index contributed by atoms with van der Waals surface area (Å²) in [5.74, 6) is 1.88. The zero-order valence-electron chi connectivity index (χ0n) is 15.7. The Morgan fingerprint density at radius 1 is 1.07 bits per heavy atom. The molecule has 1 aliphatic rings. The van der Waals surface area contributed by atoms with E-state index in [1.165, 1.54) is 11.6 Å². The van der Waals surface area contributed by atoms with E-state index in [0.717, 1.165) is 23.2 Å². The smallest absolute Gasteiger partial charge is 0.224 e. The van der Waals surface area contributed by atoms with Crippen molar-refractivity contribution in [1.82, 2.24) is 15.0 Å². The third kappa shape index (κ3) is 3.82. The van der Waals surface area contributed by atoms with Crippen LogP contribution in [0.5, 0.6) is 5.88 Å². The second kappa shape index (κ2) is 7.06. The van der Waals surface area contributed by atoms with E-state index in [4.69, 9.17) is 4.74 Å². The molecule has 0 bridgehead atoms. The van der Waals surface area contributed by atoms with Gasteiger partial charge in [0.05, 0.1) is 12.2 Å². The Morgan fingerprint density at radius 3 is 2.67 bits per heavy atom. The summed E-state index contributed by atoms with van der Waals surface area (Å²) in [5, 5.41) is 0. The number of pyridine rings is 1. The van der Waals surface area contributed by atoms with Crippen molar-refractivity contribution in [3.63, 3.8) is 0 Å². The highest BCUT2D eigenvalue weighted by Gasteiger charge is 2.40. The molecule has 0 aliphatic heterocycles. The summed E-state index contributed by atoms with van der Waals surface area (Å²) < 4.78 is 19.7. The zero-order valence-corrected chi connectivity index (χ0v) is 15.7. The number of rotatable bonds is 5. The Balaban J connectivity index is 1.50. The summed E-state index contributed by atoms with van der Waals surface area (Å²) in [7, 11) is 0. The van der Waals surface area contributed by atoms with Crippen LogP contribution in [-0.4, -0.2) is 21.6 Å². The van der Waals surface area contributed by atoms with Crippen molar-refractivity contribution < 1.29 is 9.13 Å². The topological polar surface area (TPSA) is 47.9 Å². The van der Waals surface area contributed by atoms with Crippen LogP contribution < -0.4 is 4.74 Å². The quantitative estimate of drug-likeness (QED) is 0.654. The van der Waals surface area contributed by atoms with E-state index in [-0.39, 0.29) is 5.82 Å². The number of aromatic nitrogens is 3. The molecule has 1 saturated carbocycles. The van der Waals surface area contributed by atoms with E-state index in [1.807, 2.05) is 20.0 Å². The molecule has 0 amide bonds. The van der Waals surface area contributed by atoms with Gasteiger partial charge in [-0.05, 0) is 62.1 Å². The Hall–Kier alpha value is -2.82. The molecule has 4 rings (SSSR count). The molecule has 2 heterocycles. The molecule has 0 N–H and O–H groups in total. The maximum atomic E-state index is 13.6. The minimum absolute atomic E-state index is 0.222. The van der Waals surface area contributed by atoms with Gasteiger partial charge in [0.2, 0.25) is 5.88 Å². The zero-order chi connectivity index (χ0) is 19.0. The molecule has 3 aromatic rings. The van der Waals surface area contributed by atoms with Crippen LogP contribution in [0, 0.1) is 32.5 Å². The molecule has 4 nitrogen and oxygen atoms in total. The summed E-state index contributed by atoms with van der Waals surface area (Å²) in [4.78, 5) is 13.3. The van der Waals surface area contributed by atoms with Gasteiger partial charge in [-0.15, -0.1) is 0 Å². The second-order valence-electron chi connectivity index (χ2n) is 7.27. The Kier molecular flexibility index (Phi) is 4.60. The SMILES string of the molecule is Cc1ccc(C2CC2COc2nc(C)ncc2-c2ccc(F)c(C)c2)nc1. The van der Waals surface area contributed by atoms with E-state index < -0.39 is 0 Å². The number of halogens is 1. The molecule has 0 radical (unpaired) electrons. The van der Waals surface area contributed by atoms with Crippen molar-refractivity contribution in [2.24, 2.45) is 5.92 Å².